The summed E-state index contributed by atoms with van der Waals surface area (Å²) in [4.78, 5) is 16.7. The second kappa shape index (κ2) is 5.85. The van der Waals surface area contributed by atoms with Crippen molar-refractivity contribution in [3.8, 4) is 6.07 Å². The van der Waals surface area contributed by atoms with Crippen LogP contribution < -0.4 is 4.90 Å². The summed E-state index contributed by atoms with van der Waals surface area (Å²) in [5, 5.41) is 17.5. The molecular weight excluding hydrogens is 218 g/mol. The van der Waals surface area contributed by atoms with Gasteiger partial charge in [-0.05, 0) is 26.0 Å². The summed E-state index contributed by atoms with van der Waals surface area (Å²) in [6, 6.07) is 5.35. The van der Waals surface area contributed by atoms with Gasteiger partial charge in [0.2, 0.25) is 0 Å². The van der Waals surface area contributed by atoms with Crippen molar-refractivity contribution in [3.63, 3.8) is 0 Å². The van der Waals surface area contributed by atoms with Crippen LogP contribution in [0.1, 0.15) is 24.2 Å². The average Bonchev–Trinajstić information content (AvgIpc) is 2.35. The summed E-state index contributed by atoms with van der Waals surface area (Å²) >= 11 is 0. The highest BCUT2D eigenvalue weighted by Gasteiger charge is 2.11. The highest BCUT2D eigenvalue weighted by molar-refractivity contribution is 5.87. The SMILES string of the molecule is CCN(CC(C)C#N)c1ccc(C(=O)O)cn1. The van der Waals surface area contributed by atoms with Gasteiger partial charge in [0.25, 0.3) is 0 Å². The molecule has 1 unspecified atom stereocenters. The van der Waals surface area contributed by atoms with E-state index in [2.05, 4.69) is 11.1 Å². The normalized spacial score (nSPS) is 11.6. The molecule has 0 radical (unpaired) electrons. The molecule has 1 atom stereocenters. The van der Waals surface area contributed by atoms with E-state index in [1.54, 1.807) is 6.07 Å². The maximum Gasteiger partial charge on any atom is 0.337 e. The minimum Gasteiger partial charge on any atom is -0.478 e. The summed E-state index contributed by atoms with van der Waals surface area (Å²) in [6.07, 6.45) is 1.33. The van der Waals surface area contributed by atoms with E-state index in [-0.39, 0.29) is 11.5 Å². The second-order valence-corrected chi connectivity index (χ2v) is 3.78. The van der Waals surface area contributed by atoms with Crippen LogP contribution in [0, 0.1) is 17.2 Å². The molecule has 90 valence electrons. The van der Waals surface area contributed by atoms with E-state index in [9.17, 15) is 4.79 Å². The molecule has 17 heavy (non-hydrogen) atoms. The van der Waals surface area contributed by atoms with Crippen molar-refractivity contribution in [3.05, 3.63) is 23.9 Å². The fraction of sp³-hybridized carbons (Fsp3) is 0.417. The Hall–Kier alpha value is -2.09. The van der Waals surface area contributed by atoms with Crippen molar-refractivity contribution >= 4 is 11.8 Å². The molecule has 0 aliphatic rings. The molecule has 1 rings (SSSR count). The molecule has 1 heterocycles. The molecule has 0 aromatic carbocycles. The zero-order chi connectivity index (χ0) is 12.8. The van der Waals surface area contributed by atoms with Crippen LogP contribution >= 0.6 is 0 Å². The first-order valence-corrected chi connectivity index (χ1v) is 5.42. The number of aromatic nitrogens is 1. The van der Waals surface area contributed by atoms with Gasteiger partial charge in [0.15, 0.2) is 0 Å². The molecule has 0 amide bonds. The van der Waals surface area contributed by atoms with Gasteiger partial charge >= 0.3 is 5.97 Å². The predicted molar refractivity (Wildman–Crippen MR) is 63.9 cm³/mol. The maximum absolute atomic E-state index is 10.7. The lowest BCUT2D eigenvalue weighted by molar-refractivity contribution is 0.0696. The molecule has 1 aromatic heterocycles. The van der Waals surface area contributed by atoms with E-state index in [0.717, 1.165) is 6.54 Å². The number of carboxylic acid groups (broad SMARTS) is 1. The molecule has 1 N–H and O–H groups in total. The Morgan fingerprint density at radius 2 is 2.35 bits per heavy atom. The standard InChI is InChI=1S/C12H15N3O2/c1-3-15(8-9(2)6-13)11-5-4-10(7-14-11)12(16)17/h4-5,7,9H,3,8H2,1-2H3,(H,16,17). The Morgan fingerprint density at radius 3 is 2.76 bits per heavy atom. The van der Waals surface area contributed by atoms with Crippen molar-refractivity contribution in [2.75, 3.05) is 18.0 Å². The average molecular weight is 233 g/mol. The maximum atomic E-state index is 10.7. The molecule has 0 bridgehead atoms. The van der Waals surface area contributed by atoms with Crippen molar-refractivity contribution < 1.29 is 9.90 Å². The fourth-order valence-electron chi connectivity index (χ4n) is 1.46. The van der Waals surface area contributed by atoms with Crippen LogP contribution in [0.5, 0.6) is 0 Å². The van der Waals surface area contributed by atoms with Crippen LogP contribution in [0.4, 0.5) is 5.82 Å². The van der Waals surface area contributed by atoms with E-state index in [4.69, 9.17) is 10.4 Å². The Bertz CT molecular complexity index is 422. The Labute approximate surface area is 100 Å². The van der Waals surface area contributed by atoms with Gasteiger partial charge in [-0.3, -0.25) is 0 Å². The van der Waals surface area contributed by atoms with E-state index in [1.165, 1.54) is 12.3 Å². The molecule has 0 aliphatic heterocycles. The summed E-state index contributed by atoms with van der Waals surface area (Å²) in [7, 11) is 0. The van der Waals surface area contributed by atoms with Gasteiger partial charge in [-0.1, -0.05) is 0 Å². The van der Waals surface area contributed by atoms with Crippen LogP contribution in [-0.2, 0) is 0 Å². The van der Waals surface area contributed by atoms with Gasteiger partial charge in [-0.2, -0.15) is 5.26 Å². The number of hydrogen-bond acceptors (Lipinski definition) is 4. The molecular formula is C12H15N3O2. The third-order valence-electron chi connectivity index (χ3n) is 2.42. The second-order valence-electron chi connectivity index (χ2n) is 3.78. The first kappa shape index (κ1) is 13.0. The van der Waals surface area contributed by atoms with Crippen LogP contribution in [0.25, 0.3) is 0 Å². The van der Waals surface area contributed by atoms with Crippen molar-refractivity contribution in [1.82, 2.24) is 4.98 Å². The zero-order valence-corrected chi connectivity index (χ0v) is 9.92. The monoisotopic (exact) mass is 233 g/mol. The molecule has 0 saturated heterocycles. The Balaban J connectivity index is 2.83. The third kappa shape index (κ3) is 3.45. The topological polar surface area (TPSA) is 77.2 Å². The molecule has 0 aliphatic carbocycles. The fourth-order valence-corrected chi connectivity index (χ4v) is 1.46. The van der Waals surface area contributed by atoms with E-state index in [0.29, 0.717) is 12.4 Å². The Kier molecular flexibility index (Phi) is 4.46. The number of carboxylic acids is 1. The number of aromatic carboxylic acids is 1. The summed E-state index contributed by atoms with van der Waals surface area (Å²) in [5.41, 5.74) is 0.165. The van der Waals surface area contributed by atoms with E-state index in [1.807, 2.05) is 18.7 Å². The summed E-state index contributed by atoms with van der Waals surface area (Å²) in [6.45, 7) is 5.13. The number of carbonyl (C=O) groups is 1. The molecule has 5 nitrogen and oxygen atoms in total. The van der Waals surface area contributed by atoms with Gasteiger partial charge < -0.3 is 10.0 Å². The molecule has 0 saturated carbocycles. The van der Waals surface area contributed by atoms with Crippen LogP contribution in [0.15, 0.2) is 18.3 Å². The van der Waals surface area contributed by atoms with Crippen molar-refractivity contribution in [2.24, 2.45) is 5.92 Å². The minimum atomic E-state index is -0.988. The number of hydrogen-bond donors (Lipinski definition) is 1. The number of nitrogens with zero attached hydrogens (tertiary/aromatic N) is 3. The first-order chi connectivity index (χ1) is 8.08. The Morgan fingerprint density at radius 1 is 1.65 bits per heavy atom. The van der Waals surface area contributed by atoms with Crippen molar-refractivity contribution in [1.29, 1.82) is 5.26 Å². The molecule has 5 heteroatoms. The van der Waals surface area contributed by atoms with Gasteiger partial charge in [0.1, 0.15) is 5.82 Å². The number of anilines is 1. The van der Waals surface area contributed by atoms with E-state index < -0.39 is 5.97 Å². The van der Waals surface area contributed by atoms with Crippen molar-refractivity contribution in [2.45, 2.75) is 13.8 Å². The predicted octanol–water partition coefficient (Wildman–Crippen LogP) is 1.77. The number of pyridine rings is 1. The highest BCUT2D eigenvalue weighted by atomic mass is 16.4. The smallest absolute Gasteiger partial charge is 0.337 e. The molecule has 0 fully saturated rings. The van der Waals surface area contributed by atoms with Gasteiger partial charge in [0, 0.05) is 19.3 Å². The lowest BCUT2D eigenvalue weighted by atomic mass is 10.2. The zero-order valence-electron chi connectivity index (χ0n) is 9.92. The minimum absolute atomic E-state index is 0.0871. The lowest BCUT2D eigenvalue weighted by Gasteiger charge is -2.22. The van der Waals surface area contributed by atoms with Gasteiger partial charge in [-0.15, -0.1) is 0 Å². The van der Waals surface area contributed by atoms with Crippen LogP contribution in [0.2, 0.25) is 0 Å². The largest absolute Gasteiger partial charge is 0.478 e. The van der Waals surface area contributed by atoms with E-state index >= 15 is 0 Å². The van der Waals surface area contributed by atoms with Gasteiger partial charge in [0.05, 0.1) is 17.6 Å². The van der Waals surface area contributed by atoms with Gasteiger partial charge in [-0.25, -0.2) is 9.78 Å². The lowest BCUT2D eigenvalue weighted by Crippen LogP contribution is -2.28. The number of nitriles is 1. The number of rotatable bonds is 5. The first-order valence-electron chi connectivity index (χ1n) is 5.42. The van der Waals surface area contributed by atoms with Crippen LogP contribution in [-0.4, -0.2) is 29.1 Å². The molecule has 0 spiro atoms. The summed E-state index contributed by atoms with van der Waals surface area (Å²) in [5.74, 6) is -0.381. The quantitative estimate of drug-likeness (QED) is 0.838. The highest BCUT2D eigenvalue weighted by Crippen LogP contribution is 2.13. The molecule has 1 aromatic rings. The third-order valence-corrected chi connectivity index (χ3v) is 2.42. The van der Waals surface area contributed by atoms with Crippen LogP contribution in [0.3, 0.4) is 0 Å². The summed E-state index contributed by atoms with van der Waals surface area (Å²) < 4.78 is 0.